The fraction of sp³-hybridized carbons (Fsp3) is 0.684. The van der Waals surface area contributed by atoms with Crippen LogP contribution in [0.3, 0.4) is 0 Å². The molecule has 2 saturated heterocycles. The second kappa shape index (κ2) is 8.26. The molecule has 3 aliphatic rings. The molecule has 1 saturated carbocycles. The third kappa shape index (κ3) is 4.42. The summed E-state index contributed by atoms with van der Waals surface area (Å²) in [4.78, 5) is 1.70. The highest BCUT2D eigenvalue weighted by Gasteiger charge is 2.43. The molecular weight excluding hydrogens is 370 g/mol. The van der Waals surface area contributed by atoms with Gasteiger partial charge >= 0.3 is 0 Å². The van der Waals surface area contributed by atoms with Crippen LogP contribution in [-0.4, -0.2) is 56.7 Å². The monoisotopic (exact) mass is 400 g/mol. The lowest BCUT2D eigenvalue weighted by molar-refractivity contribution is -0.284. The Labute approximate surface area is 164 Å². The molecule has 0 aromatic carbocycles. The van der Waals surface area contributed by atoms with Crippen LogP contribution in [0.15, 0.2) is 36.0 Å². The van der Waals surface area contributed by atoms with Crippen molar-refractivity contribution in [1.82, 2.24) is 15.1 Å². The van der Waals surface area contributed by atoms with E-state index >= 15 is 0 Å². The van der Waals surface area contributed by atoms with E-state index in [2.05, 4.69) is 6.58 Å². The first-order valence-electron chi connectivity index (χ1n) is 9.82. The van der Waals surface area contributed by atoms with E-state index in [1.165, 1.54) is 0 Å². The molecule has 2 aliphatic heterocycles. The van der Waals surface area contributed by atoms with E-state index < -0.39 is 5.92 Å². The number of nitrogens with zero attached hydrogens (tertiary/aromatic N) is 3. The maximum atomic E-state index is 13.7. The molecular formula is C19H30F2N4O3. The predicted molar refractivity (Wildman–Crippen MR) is 98.8 cm³/mol. The van der Waals surface area contributed by atoms with Gasteiger partial charge in [-0.05, 0) is 44.4 Å². The van der Waals surface area contributed by atoms with E-state index in [4.69, 9.17) is 10.6 Å². The van der Waals surface area contributed by atoms with E-state index in [9.17, 15) is 19.2 Å². The topological polar surface area (TPSA) is 85.4 Å². The molecule has 0 aromatic heterocycles. The number of hydrogen-bond donors (Lipinski definition) is 3. The quantitative estimate of drug-likeness (QED) is 0.483. The second-order valence-electron chi connectivity index (χ2n) is 7.83. The number of likely N-dealkylation sites (tertiary alicyclic amines) is 1. The zero-order chi connectivity index (χ0) is 20.5. The van der Waals surface area contributed by atoms with Gasteiger partial charge in [-0.25, -0.2) is 14.6 Å². The molecule has 3 unspecified atom stereocenters. The molecule has 3 fully saturated rings. The van der Waals surface area contributed by atoms with Gasteiger partial charge in [-0.1, -0.05) is 13.5 Å². The molecule has 9 heteroatoms. The summed E-state index contributed by atoms with van der Waals surface area (Å²) in [7, 11) is 0. The van der Waals surface area contributed by atoms with Gasteiger partial charge in [0, 0.05) is 30.5 Å². The number of alkyl halides is 2. The zero-order valence-corrected chi connectivity index (χ0v) is 16.2. The Bertz CT molecular complexity index is 653. The third-order valence-electron chi connectivity index (χ3n) is 5.85. The molecule has 1 aliphatic carbocycles. The Balaban J connectivity index is 1.73. The van der Waals surface area contributed by atoms with E-state index in [-0.39, 0.29) is 42.0 Å². The number of hydrazine groups is 1. The second-order valence-corrected chi connectivity index (χ2v) is 7.83. The number of hydroxylamine groups is 2. The lowest BCUT2D eigenvalue weighted by Gasteiger charge is -2.36. The maximum Gasteiger partial charge on any atom is 0.267 e. The number of nitrogens with two attached hydrogens (primary N) is 1. The molecule has 0 aromatic rings. The minimum absolute atomic E-state index is 0.0395. The zero-order valence-electron chi connectivity index (χ0n) is 16.2. The fourth-order valence-corrected chi connectivity index (χ4v) is 4.11. The van der Waals surface area contributed by atoms with Gasteiger partial charge in [-0.2, -0.15) is 0 Å². The smallest absolute Gasteiger partial charge is 0.267 e. The Morgan fingerprint density at radius 3 is 2.79 bits per heavy atom. The highest BCUT2D eigenvalue weighted by atomic mass is 19.3. The number of ether oxygens (including phenoxy) is 1. The first-order chi connectivity index (χ1) is 13.2. The van der Waals surface area contributed by atoms with E-state index in [0.29, 0.717) is 18.8 Å². The van der Waals surface area contributed by atoms with Gasteiger partial charge in [-0.3, -0.25) is 15.4 Å². The van der Waals surface area contributed by atoms with Crippen LogP contribution in [-0.2, 0) is 4.74 Å². The van der Waals surface area contributed by atoms with E-state index in [0.717, 1.165) is 31.3 Å². The minimum atomic E-state index is -2.66. The third-order valence-corrected chi connectivity index (χ3v) is 5.85. The van der Waals surface area contributed by atoms with Gasteiger partial charge < -0.3 is 9.64 Å². The number of hydrogen-bond acceptors (Lipinski definition) is 7. The van der Waals surface area contributed by atoms with Crippen molar-refractivity contribution in [1.29, 1.82) is 0 Å². The van der Waals surface area contributed by atoms with Crippen LogP contribution in [0.1, 0.15) is 45.4 Å². The van der Waals surface area contributed by atoms with Gasteiger partial charge in [-0.15, -0.1) is 5.23 Å². The molecule has 3 rings (SSSR count). The van der Waals surface area contributed by atoms with Crippen molar-refractivity contribution in [3.05, 3.63) is 36.0 Å². The van der Waals surface area contributed by atoms with Crippen molar-refractivity contribution in [2.24, 2.45) is 11.8 Å². The molecule has 7 nitrogen and oxygen atoms in total. The molecule has 0 radical (unpaired) electrons. The standard InChI is InChI=1S/C19H30F2N4O3/c1-3-14-11-19(20,21)12-23(14)10-8-15-5-4-9-24(22)18(28-15)17-7-6-16(17)13(2)25(26)27/h8,10,14-16,26-27H,2-7,9,11-12,22H2,1H3/b10-8-,18-17+. The molecule has 4 N–H and O–H groups in total. The van der Waals surface area contributed by atoms with Crippen molar-refractivity contribution in [3.63, 3.8) is 0 Å². The summed E-state index contributed by atoms with van der Waals surface area (Å²) < 4.78 is 33.6. The molecule has 0 bridgehead atoms. The number of allylic oxidation sites excluding steroid dienone is 1. The Morgan fingerprint density at radius 1 is 1.43 bits per heavy atom. The average molecular weight is 400 g/mol. The highest BCUT2D eigenvalue weighted by molar-refractivity contribution is 5.27. The summed E-state index contributed by atoms with van der Waals surface area (Å²) in [5, 5.41) is 20.1. The minimum Gasteiger partial charge on any atom is -0.471 e. The van der Waals surface area contributed by atoms with Gasteiger partial charge in [0.25, 0.3) is 5.92 Å². The van der Waals surface area contributed by atoms with Gasteiger partial charge in [0.05, 0.1) is 12.2 Å². The van der Waals surface area contributed by atoms with E-state index in [1.54, 1.807) is 16.1 Å². The van der Waals surface area contributed by atoms with Crippen LogP contribution in [0.4, 0.5) is 8.78 Å². The van der Waals surface area contributed by atoms with Crippen LogP contribution in [0.5, 0.6) is 0 Å². The normalized spacial score (nSPS) is 32.9. The van der Waals surface area contributed by atoms with Crippen molar-refractivity contribution in [2.75, 3.05) is 13.1 Å². The summed E-state index contributed by atoms with van der Waals surface area (Å²) in [5.41, 5.74) is 1.05. The van der Waals surface area contributed by atoms with Crippen molar-refractivity contribution < 1.29 is 23.9 Å². The average Bonchev–Trinajstić information content (AvgIpc) is 2.79. The van der Waals surface area contributed by atoms with Crippen LogP contribution >= 0.6 is 0 Å². The highest BCUT2D eigenvalue weighted by Crippen LogP contribution is 2.42. The fourth-order valence-electron chi connectivity index (χ4n) is 4.11. The largest absolute Gasteiger partial charge is 0.471 e. The molecule has 28 heavy (non-hydrogen) atoms. The summed E-state index contributed by atoms with van der Waals surface area (Å²) in [6, 6.07) is -0.166. The predicted octanol–water partition coefficient (Wildman–Crippen LogP) is 3.19. The molecule has 0 spiro atoms. The first-order valence-corrected chi connectivity index (χ1v) is 9.82. The Morgan fingerprint density at radius 2 is 2.18 bits per heavy atom. The van der Waals surface area contributed by atoms with Gasteiger partial charge in [0.15, 0.2) is 0 Å². The van der Waals surface area contributed by atoms with Crippen LogP contribution in [0.2, 0.25) is 0 Å². The van der Waals surface area contributed by atoms with Crippen LogP contribution in [0.25, 0.3) is 0 Å². The summed E-state index contributed by atoms with van der Waals surface area (Å²) in [6.07, 6.45) is 6.81. The van der Waals surface area contributed by atoms with Crippen molar-refractivity contribution in [3.8, 4) is 0 Å². The molecule has 0 amide bonds. The first kappa shape index (κ1) is 20.9. The Kier molecular flexibility index (Phi) is 6.16. The molecule has 2 heterocycles. The summed E-state index contributed by atoms with van der Waals surface area (Å²) in [6.45, 7) is 5.94. The van der Waals surface area contributed by atoms with E-state index in [1.807, 2.05) is 13.0 Å². The van der Waals surface area contributed by atoms with Gasteiger partial charge in [0.1, 0.15) is 6.10 Å². The maximum absolute atomic E-state index is 13.7. The lowest BCUT2D eigenvalue weighted by atomic mass is 9.77. The lowest BCUT2D eigenvalue weighted by Crippen LogP contribution is -2.37. The Hall–Kier alpha value is -1.84. The van der Waals surface area contributed by atoms with Gasteiger partial charge in [0.2, 0.25) is 5.88 Å². The van der Waals surface area contributed by atoms with Crippen LogP contribution < -0.4 is 5.84 Å². The van der Waals surface area contributed by atoms with Crippen molar-refractivity contribution in [2.45, 2.75) is 63.5 Å². The summed E-state index contributed by atoms with van der Waals surface area (Å²) in [5.74, 6) is 3.76. The number of rotatable bonds is 5. The summed E-state index contributed by atoms with van der Waals surface area (Å²) >= 11 is 0. The molecule has 3 atom stereocenters. The van der Waals surface area contributed by atoms with Crippen molar-refractivity contribution >= 4 is 0 Å². The van der Waals surface area contributed by atoms with Crippen LogP contribution in [0, 0.1) is 5.92 Å². The SMILES string of the molecule is C=C(C1CC/C1=C1\OC(/C=C\N2CC(F)(F)CC2CC)CCCN1N)N(O)O. The molecule has 158 valence electrons. The number of halogens is 2.